The third-order valence-electron chi connectivity index (χ3n) is 2.38. The quantitative estimate of drug-likeness (QED) is 0.708. The molecule has 4 N–H and O–H groups in total. The normalized spacial score (nSPS) is 11.1. The van der Waals surface area contributed by atoms with E-state index in [-0.39, 0.29) is 22.0 Å². The molecule has 0 saturated heterocycles. The number of hydrogen-bond acceptors (Lipinski definition) is 6. The third kappa shape index (κ3) is 2.92. The molecule has 0 radical (unpaired) electrons. The van der Waals surface area contributed by atoms with E-state index in [4.69, 9.17) is 9.88 Å². The molecular formula is C10H11N5O4S. The van der Waals surface area contributed by atoms with Crippen LogP contribution in [0.2, 0.25) is 0 Å². The van der Waals surface area contributed by atoms with Crippen LogP contribution in [-0.4, -0.2) is 36.8 Å². The molecule has 0 unspecified atom stereocenters. The summed E-state index contributed by atoms with van der Waals surface area (Å²) in [6.45, 7) is 0. The van der Waals surface area contributed by atoms with Crippen LogP contribution in [0.4, 0.5) is 5.69 Å². The number of anilines is 1. The Hall–Kier alpha value is -2.46. The summed E-state index contributed by atoms with van der Waals surface area (Å²) in [6.07, 6.45) is 1.24. The Labute approximate surface area is 114 Å². The van der Waals surface area contributed by atoms with E-state index in [9.17, 15) is 13.2 Å². The van der Waals surface area contributed by atoms with Crippen LogP contribution in [-0.2, 0) is 10.0 Å². The van der Waals surface area contributed by atoms with Gasteiger partial charge in [0.15, 0.2) is 5.69 Å². The lowest BCUT2D eigenvalue weighted by molar-refractivity contribution is 0.102. The molecule has 106 valence electrons. The first kappa shape index (κ1) is 14.0. The molecule has 10 heteroatoms. The molecule has 1 aromatic carbocycles. The highest BCUT2D eigenvalue weighted by Crippen LogP contribution is 2.26. The lowest BCUT2D eigenvalue weighted by atomic mass is 10.3. The summed E-state index contributed by atoms with van der Waals surface area (Å²) in [7, 11) is -2.65. The van der Waals surface area contributed by atoms with Crippen LogP contribution < -0.4 is 15.2 Å². The van der Waals surface area contributed by atoms with E-state index in [1.807, 2.05) is 0 Å². The van der Waals surface area contributed by atoms with Crippen LogP contribution in [0, 0.1) is 0 Å². The SMILES string of the molecule is COc1ccc(NC(=O)c2cn[nH]n2)cc1S(N)(=O)=O. The first-order valence-electron chi connectivity index (χ1n) is 5.30. The summed E-state index contributed by atoms with van der Waals surface area (Å²) in [5.41, 5.74) is 0.306. The summed E-state index contributed by atoms with van der Waals surface area (Å²) in [5.74, 6) is -0.448. The molecule has 1 amide bonds. The molecular weight excluding hydrogens is 286 g/mol. The molecule has 20 heavy (non-hydrogen) atoms. The van der Waals surface area contributed by atoms with Crippen molar-refractivity contribution in [3.8, 4) is 5.75 Å². The van der Waals surface area contributed by atoms with Crippen molar-refractivity contribution < 1.29 is 17.9 Å². The lowest BCUT2D eigenvalue weighted by Crippen LogP contribution is -2.16. The highest BCUT2D eigenvalue weighted by Gasteiger charge is 2.17. The fourth-order valence-electron chi connectivity index (χ4n) is 1.48. The van der Waals surface area contributed by atoms with E-state index in [1.54, 1.807) is 0 Å². The van der Waals surface area contributed by atoms with Crippen molar-refractivity contribution in [1.82, 2.24) is 15.4 Å². The fourth-order valence-corrected chi connectivity index (χ4v) is 2.21. The first-order chi connectivity index (χ1) is 9.41. The average molecular weight is 297 g/mol. The predicted molar refractivity (Wildman–Crippen MR) is 68.7 cm³/mol. The summed E-state index contributed by atoms with van der Waals surface area (Å²) in [5, 5.41) is 16.9. The van der Waals surface area contributed by atoms with Gasteiger partial charge in [0.2, 0.25) is 10.0 Å². The van der Waals surface area contributed by atoms with Crippen molar-refractivity contribution in [3.05, 3.63) is 30.1 Å². The maximum Gasteiger partial charge on any atom is 0.277 e. The van der Waals surface area contributed by atoms with Crippen molar-refractivity contribution in [2.75, 3.05) is 12.4 Å². The second kappa shape index (κ2) is 5.27. The number of nitrogens with zero attached hydrogens (tertiary/aromatic N) is 2. The standard InChI is InChI=1S/C10H11N5O4S/c1-19-8-3-2-6(4-9(8)20(11,17)18)13-10(16)7-5-12-15-14-7/h2-5H,1H3,(H,13,16)(H2,11,17,18)(H,12,14,15). The van der Waals surface area contributed by atoms with E-state index in [0.717, 1.165) is 0 Å². The minimum atomic E-state index is -3.97. The van der Waals surface area contributed by atoms with Gasteiger partial charge in [-0.2, -0.15) is 15.4 Å². The second-order valence-electron chi connectivity index (χ2n) is 3.72. The van der Waals surface area contributed by atoms with Crippen LogP contribution >= 0.6 is 0 Å². The Bertz CT molecular complexity index is 726. The van der Waals surface area contributed by atoms with E-state index in [1.165, 1.54) is 31.5 Å². The molecule has 0 atom stereocenters. The van der Waals surface area contributed by atoms with Gasteiger partial charge in [-0.3, -0.25) is 4.79 Å². The van der Waals surface area contributed by atoms with Crippen molar-refractivity contribution >= 4 is 21.6 Å². The van der Waals surface area contributed by atoms with Gasteiger partial charge in [-0.25, -0.2) is 13.6 Å². The van der Waals surface area contributed by atoms with Crippen LogP contribution in [0.3, 0.4) is 0 Å². The van der Waals surface area contributed by atoms with Gasteiger partial charge in [-0.1, -0.05) is 0 Å². The molecule has 1 aromatic heterocycles. The van der Waals surface area contributed by atoms with Gasteiger partial charge in [0.05, 0.1) is 13.3 Å². The van der Waals surface area contributed by atoms with E-state index < -0.39 is 15.9 Å². The van der Waals surface area contributed by atoms with Gasteiger partial charge < -0.3 is 10.1 Å². The molecule has 0 aliphatic heterocycles. The number of aromatic nitrogens is 3. The zero-order chi connectivity index (χ0) is 14.8. The Balaban J connectivity index is 2.33. The molecule has 0 saturated carbocycles. The topological polar surface area (TPSA) is 140 Å². The lowest BCUT2D eigenvalue weighted by Gasteiger charge is -2.09. The summed E-state index contributed by atoms with van der Waals surface area (Å²) in [6, 6.07) is 4.07. The minimum Gasteiger partial charge on any atom is -0.495 e. The Kier molecular flexibility index (Phi) is 3.68. The van der Waals surface area contributed by atoms with Gasteiger partial charge in [0, 0.05) is 5.69 Å². The Morgan fingerprint density at radius 3 is 2.75 bits per heavy atom. The van der Waals surface area contributed by atoms with Gasteiger partial charge >= 0.3 is 0 Å². The molecule has 2 rings (SSSR count). The second-order valence-corrected chi connectivity index (χ2v) is 5.25. The molecule has 0 aliphatic carbocycles. The monoisotopic (exact) mass is 297 g/mol. The molecule has 9 nitrogen and oxygen atoms in total. The number of rotatable bonds is 4. The smallest absolute Gasteiger partial charge is 0.277 e. The number of primary sulfonamides is 1. The van der Waals surface area contributed by atoms with Crippen molar-refractivity contribution in [2.45, 2.75) is 4.90 Å². The van der Waals surface area contributed by atoms with Gasteiger partial charge in [-0.05, 0) is 18.2 Å². The third-order valence-corrected chi connectivity index (χ3v) is 3.31. The Morgan fingerprint density at radius 1 is 1.45 bits per heavy atom. The number of sulfonamides is 1. The number of methoxy groups -OCH3 is 1. The Morgan fingerprint density at radius 2 is 2.20 bits per heavy atom. The molecule has 2 aromatic rings. The molecule has 1 heterocycles. The number of nitrogens with two attached hydrogens (primary N) is 1. The summed E-state index contributed by atoms with van der Waals surface area (Å²) >= 11 is 0. The number of amides is 1. The number of nitrogens with one attached hydrogen (secondary N) is 2. The molecule has 0 bridgehead atoms. The largest absolute Gasteiger partial charge is 0.495 e. The van der Waals surface area contributed by atoms with E-state index in [2.05, 4.69) is 20.7 Å². The van der Waals surface area contributed by atoms with E-state index in [0.29, 0.717) is 0 Å². The van der Waals surface area contributed by atoms with E-state index >= 15 is 0 Å². The zero-order valence-corrected chi connectivity index (χ0v) is 11.1. The number of aromatic amines is 1. The van der Waals surface area contributed by atoms with Crippen LogP contribution in [0.15, 0.2) is 29.3 Å². The van der Waals surface area contributed by atoms with Gasteiger partial charge in [-0.15, -0.1) is 0 Å². The molecule has 0 aliphatic rings. The van der Waals surface area contributed by atoms with Crippen LogP contribution in [0.25, 0.3) is 0 Å². The highest BCUT2D eigenvalue weighted by atomic mass is 32.2. The maximum atomic E-state index is 11.7. The predicted octanol–water partition coefficient (Wildman–Crippen LogP) is -0.287. The number of carbonyl (C=O) groups excluding carboxylic acids is 1. The highest BCUT2D eigenvalue weighted by molar-refractivity contribution is 7.89. The van der Waals surface area contributed by atoms with Crippen molar-refractivity contribution in [1.29, 1.82) is 0 Å². The number of carbonyl (C=O) groups is 1. The number of benzene rings is 1. The number of hydrogen-bond donors (Lipinski definition) is 3. The van der Waals surface area contributed by atoms with Crippen LogP contribution in [0.5, 0.6) is 5.75 Å². The molecule has 0 fully saturated rings. The number of H-pyrrole nitrogens is 1. The fraction of sp³-hybridized carbons (Fsp3) is 0.100. The van der Waals surface area contributed by atoms with Crippen LogP contribution in [0.1, 0.15) is 10.5 Å². The zero-order valence-electron chi connectivity index (χ0n) is 10.3. The van der Waals surface area contributed by atoms with Gasteiger partial charge in [0.25, 0.3) is 5.91 Å². The first-order valence-corrected chi connectivity index (χ1v) is 6.84. The maximum absolute atomic E-state index is 11.7. The minimum absolute atomic E-state index is 0.0676. The molecule has 0 spiro atoms. The van der Waals surface area contributed by atoms with Crippen molar-refractivity contribution in [2.24, 2.45) is 5.14 Å². The average Bonchev–Trinajstić information content (AvgIpc) is 2.91. The van der Waals surface area contributed by atoms with Crippen molar-refractivity contribution in [3.63, 3.8) is 0 Å². The van der Waals surface area contributed by atoms with Gasteiger partial charge in [0.1, 0.15) is 10.6 Å². The number of ether oxygens (including phenoxy) is 1. The summed E-state index contributed by atoms with van der Waals surface area (Å²) < 4.78 is 27.8. The summed E-state index contributed by atoms with van der Waals surface area (Å²) in [4.78, 5) is 11.5.